The Balaban J connectivity index is 1.36. The molecule has 9 heteroatoms. The average molecular weight is 414 g/mol. The van der Waals surface area contributed by atoms with Gasteiger partial charge in [-0.05, 0) is 43.5 Å². The van der Waals surface area contributed by atoms with Crippen molar-refractivity contribution in [1.29, 1.82) is 0 Å². The molecule has 0 radical (unpaired) electrons. The molecule has 0 aliphatic carbocycles. The Bertz CT molecular complexity index is 1060. The number of nitrogens with zero attached hydrogens (tertiary/aromatic N) is 4. The van der Waals surface area contributed by atoms with Crippen LogP contribution in [0, 0.1) is 6.92 Å². The topological polar surface area (TPSA) is 98.4 Å². The minimum atomic E-state index is -3.49. The van der Waals surface area contributed by atoms with E-state index in [9.17, 15) is 8.42 Å². The predicted octanol–water partition coefficient (Wildman–Crippen LogP) is 2.92. The standard InChI is InChI=1S/C20H22N4O4S/c1-15-5-2-3-7-18(15)29(25,26)24-11-8-16(9-12-24)20-22-19(28-23-20)14-27-17-6-4-10-21-13-17/h2-7,10,13,16H,8-9,11-12,14H2,1H3. The Labute approximate surface area is 169 Å². The third-order valence-corrected chi connectivity index (χ3v) is 7.07. The van der Waals surface area contributed by atoms with E-state index in [2.05, 4.69) is 15.1 Å². The number of aromatic nitrogens is 3. The second-order valence-electron chi connectivity index (χ2n) is 6.97. The lowest BCUT2D eigenvalue weighted by Crippen LogP contribution is -2.38. The molecule has 152 valence electrons. The summed E-state index contributed by atoms with van der Waals surface area (Å²) in [5.41, 5.74) is 0.756. The van der Waals surface area contributed by atoms with E-state index < -0.39 is 10.0 Å². The number of benzene rings is 1. The van der Waals surface area contributed by atoms with Crippen molar-refractivity contribution in [2.24, 2.45) is 0 Å². The van der Waals surface area contributed by atoms with E-state index in [1.165, 1.54) is 0 Å². The molecule has 2 aromatic heterocycles. The first kappa shape index (κ1) is 19.5. The van der Waals surface area contributed by atoms with Gasteiger partial charge in [-0.25, -0.2) is 8.42 Å². The fourth-order valence-corrected chi connectivity index (χ4v) is 5.10. The smallest absolute Gasteiger partial charge is 0.264 e. The van der Waals surface area contributed by atoms with Crippen LogP contribution >= 0.6 is 0 Å². The molecule has 1 aliphatic rings. The molecule has 3 heterocycles. The summed E-state index contributed by atoms with van der Waals surface area (Å²) in [6.07, 6.45) is 4.58. The maximum atomic E-state index is 12.9. The molecule has 0 bridgehead atoms. The summed E-state index contributed by atoms with van der Waals surface area (Å²) in [6.45, 7) is 2.84. The lowest BCUT2D eigenvalue weighted by atomic mass is 9.98. The Morgan fingerprint density at radius 1 is 1.17 bits per heavy atom. The molecule has 8 nitrogen and oxygen atoms in total. The highest BCUT2D eigenvalue weighted by Crippen LogP contribution is 2.30. The van der Waals surface area contributed by atoms with Gasteiger partial charge in [0.2, 0.25) is 10.0 Å². The molecule has 29 heavy (non-hydrogen) atoms. The van der Waals surface area contributed by atoms with E-state index in [1.807, 2.05) is 19.1 Å². The number of hydrogen-bond donors (Lipinski definition) is 0. The Hall–Kier alpha value is -2.78. The first-order valence-electron chi connectivity index (χ1n) is 9.45. The normalized spacial score (nSPS) is 16.0. The molecule has 4 rings (SSSR count). The predicted molar refractivity (Wildman–Crippen MR) is 105 cm³/mol. The lowest BCUT2D eigenvalue weighted by Gasteiger charge is -2.30. The molecule has 0 N–H and O–H groups in total. The highest BCUT2D eigenvalue weighted by molar-refractivity contribution is 7.89. The van der Waals surface area contributed by atoms with Gasteiger partial charge in [-0.15, -0.1) is 0 Å². The average Bonchev–Trinajstić information content (AvgIpc) is 3.22. The van der Waals surface area contributed by atoms with Crippen LogP contribution in [0.1, 0.15) is 36.0 Å². The zero-order chi connectivity index (χ0) is 20.3. The van der Waals surface area contributed by atoms with Crippen molar-refractivity contribution in [3.8, 4) is 5.75 Å². The molecule has 0 atom stereocenters. The molecule has 1 saturated heterocycles. The Morgan fingerprint density at radius 3 is 2.69 bits per heavy atom. The number of piperidine rings is 1. The van der Waals surface area contributed by atoms with Crippen molar-refractivity contribution in [3.63, 3.8) is 0 Å². The van der Waals surface area contributed by atoms with Crippen molar-refractivity contribution < 1.29 is 17.7 Å². The van der Waals surface area contributed by atoms with Gasteiger partial charge in [0, 0.05) is 25.2 Å². The lowest BCUT2D eigenvalue weighted by molar-refractivity contribution is 0.241. The van der Waals surface area contributed by atoms with E-state index >= 15 is 0 Å². The third-order valence-electron chi connectivity index (χ3n) is 5.01. The minimum Gasteiger partial charge on any atom is -0.482 e. The van der Waals surface area contributed by atoms with Gasteiger partial charge < -0.3 is 9.26 Å². The van der Waals surface area contributed by atoms with Gasteiger partial charge in [0.15, 0.2) is 12.4 Å². The van der Waals surface area contributed by atoms with Gasteiger partial charge in [-0.3, -0.25) is 4.98 Å². The number of hydrogen-bond acceptors (Lipinski definition) is 7. The molecule has 0 saturated carbocycles. The highest BCUT2D eigenvalue weighted by Gasteiger charge is 2.32. The van der Waals surface area contributed by atoms with Crippen molar-refractivity contribution in [2.45, 2.75) is 37.2 Å². The van der Waals surface area contributed by atoms with E-state index in [1.54, 1.807) is 41.0 Å². The van der Waals surface area contributed by atoms with Crippen LogP contribution in [0.25, 0.3) is 0 Å². The van der Waals surface area contributed by atoms with Crippen LogP contribution in [0.15, 0.2) is 58.2 Å². The fraction of sp³-hybridized carbons (Fsp3) is 0.350. The van der Waals surface area contributed by atoms with E-state index in [4.69, 9.17) is 9.26 Å². The van der Waals surface area contributed by atoms with Crippen LogP contribution < -0.4 is 4.74 Å². The van der Waals surface area contributed by atoms with Crippen LogP contribution in [-0.2, 0) is 16.6 Å². The first-order chi connectivity index (χ1) is 14.0. The van der Waals surface area contributed by atoms with Crippen LogP contribution in [0.2, 0.25) is 0 Å². The molecule has 3 aromatic rings. The fourth-order valence-electron chi connectivity index (χ4n) is 3.41. The van der Waals surface area contributed by atoms with Crippen molar-refractivity contribution >= 4 is 10.0 Å². The molecule has 0 unspecified atom stereocenters. The minimum absolute atomic E-state index is 0.0641. The third kappa shape index (κ3) is 4.30. The number of sulfonamides is 1. The summed E-state index contributed by atoms with van der Waals surface area (Å²) >= 11 is 0. The molecule has 0 spiro atoms. The van der Waals surface area contributed by atoms with Gasteiger partial charge in [0.25, 0.3) is 5.89 Å². The van der Waals surface area contributed by atoms with Gasteiger partial charge in [0.1, 0.15) is 5.75 Å². The first-order valence-corrected chi connectivity index (χ1v) is 10.9. The molecule has 1 aliphatic heterocycles. The summed E-state index contributed by atoms with van der Waals surface area (Å²) < 4.78 is 38.2. The zero-order valence-corrected chi connectivity index (χ0v) is 16.9. The molecule has 1 aromatic carbocycles. The van der Waals surface area contributed by atoms with Gasteiger partial charge in [0.05, 0.1) is 11.1 Å². The quantitative estimate of drug-likeness (QED) is 0.611. The van der Waals surface area contributed by atoms with Gasteiger partial charge >= 0.3 is 0 Å². The monoisotopic (exact) mass is 414 g/mol. The van der Waals surface area contributed by atoms with Crippen molar-refractivity contribution in [2.75, 3.05) is 13.1 Å². The largest absolute Gasteiger partial charge is 0.482 e. The van der Waals surface area contributed by atoms with Gasteiger partial charge in [-0.1, -0.05) is 23.4 Å². The molecular weight excluding hydrogens is 392 g/mol. The second kappa shape index (κ2) is 8.30. The number of rotatable bonds is 6. The van der Waals surface area contributed by atoms with E-state index in [0.29, 0.717) is 48.3 Å². The van der Waals surface area contributed by atoms with Crippen LogP contribution in [0.5, 0.6) is 5.75 Å². The highest BCUT2D eigenvalue weighted by atomic mass is 32.2. The van der Waals surface area contributed by atoms with E-state index in [0.717, 1.165) is 5.56 Å². The summed E-state index contributed by atoms with van der Waals surface area (Å²) in [4.78, 5) is 8.77. The molecular formula is C20H22N4O4S. The summed E-state index contributed by atoms with van der Waals surface area (Å²) in [6, 6.07) is 10.6. The maximum absolute atomic E-state index is 12.9. The summed E-state index contributed by atoms with van der Waals surface area (Å²) in [7, 11) is -3.49. The Morgan fingerprint density at radius 2 is 1.97 bits per heavy atom. The van der Waals surface area contributed by atoms with Crippen LogP contribution in [0.3, 0.4) is 0 Å². The molecule has 0 amide bonds. The maximum Gasteiger partial charge on any atom is 0.264 e. The van der Waals surface area contributed by atoms with Crippen molar-refractivity contribution in [1.82, 2.24) is 19.4 Å². The number of ether oxygens (including phenoxy) is 1. The summed E-state index contributed by atoms with van der Waals surface area (Å²) in [5, 5.41) is 4.06. The zero-order valence-electron chi connectivity index (χ0n) is 16.1. The van der Waals surface area contributed by atoms with Gasteiger partial charge in [-0.2, -0.15) is 9.29 Å². The SMILES string of the molecule is Cc1ccccc1S(=O)(=O)N1CCC(c2noc(COc3cccnc3)n2)CC1. The van der Waals surface area contributed by atoms with Crippen LogP contribution in [0.4, 0.5) is 0 Å². The van der Waals surface area contributed by atoms with Crippen LogP contribution in [-0.4, -0.2) is 40.9 Å². The number of pyridine rings is 1. The van der Waals surface area contributed by atoms with Crippen molar-refractivity contribution in [3.05, 3.63) is 66.1 Å². The van der Waals surface area contributed by atoms with E-state index in [-0.39, 0.29) is 12.5 Å². The summed E-state index contributed by atoms with van der Waals surface area (Å²) in [5.74, 6) is 1.68. The molecule has 1 fully saturated rings. The second-order valence-corrected chi connectivity index (χ2v) is 8.87. The number of aryl methyl sites for hydroxylation is 1. The Kier molecular flexibility index (Phi) is 5.59.